The normalized spacial score (nSPS) is 12.4. The van der Waals surface area contributed by atoms with Crippen LogP contribution in [-0.2, 0) is 26.2 Å². The van der Waals surface area contributed by atoms with E-state index in [4.69, 9.17) is 27.9 Å². The van der Waals surface area contributed by atoms with Crippen molar-refractivity contribution >= 4 is 50.7 Å². The van der Waals surface area contributed by atoms with Crippen LogP contribution in [0.2, 0.25) is 10.0 Å². The van der Waals surface area contributed by atoms with Gasteiger partial charge in [-0.1, -0.05) is 47.0 Å². The van der Waals surface area contributed by atoms with E-state index in [1.165, 1.54) is 17.0 Å². The Bertz CT molecular complexity index is 1480. The molecule has 1 atom stereocenters. The Morgan fingerprint density at radius 1 is 0.952 bits per heavy atom. The van der Waals surface area contributed by atoms with Gasteiger partial charge < -0.3 is 15.0 Å². The predicted molar refractivity (Wildman–Crippen MR) is 168 cm³/mol. The first-order valence-corrected chi connectivity index (χ1v) is 15.7. The maximum absolute atomic E-state index is 14.1. The van der Waals surface area contributed by atoms with E-state index in [2.05, 4.69) is 5.32 Å². The first-order valence-electron chi connectivity index (χ1n) is 13.5. The Morgan fingerprint density at radius 3 is 2.05 bits per heavy atom. The molecular formula is C31H37Cl2N3O5S. The molecular weight excluding hydrogens is 597 g/mol. The number of aryl methyl sites for hydroxylation is 1. The molecule has 42 heavy (non-hydrogen) atoms. The molecule has 0 unspecified atom stereocenters. The van der Waals surface area contributed by atoms with Gasteiger partial charge in [0.05, 0.1) is 17.2 Å². The van der Waals surface area contributed by atoms with Crippen LogP contribution >= 0.6 is 23.2 Å². The average Bonchev–Trinajstić information content (AvgIpc) is 2.91. The molecule has 0 aliphatic rings. The van der Waals surface area contributed by atoms with E-state index in [0.29, 0.717) is 33.7 Å². The molecule has 0 aliphatic heterocycles. The van der Waals surface area contributed by atoms with Crippen molar-refractivity contribution in [1.29, 1.82) is 0 Å². The molecule has 226 valence electrons. The number of nitrogens with zero attached hydrogens (tertiary/aromatic N) is 2. The molecule has 0 saturated carbocycles. The Balaban J connectivity index is 2.06. The van der Waals surface area contributed by atoms with Gasteiger partial charge in [0.1, 0.15) is 18.3 Å². The first-order chi connectivity index (χ1) is 19.6. The summed E-state index contributed by atoms with van der Waals surface area (Å²) in [5.41, 5.74) is 1.10. The number of amides is 2. The molecule has 1 N–H and O–H groups in total. The van der Waals surface area contributed by atoms with Crippen LogP contribution < -0.4 is 14.4 Å². The zero-order valence-corrected chi connectivity index (χ0v) is 27.0. The number of sulfonamides is 1. The number of carbonyl (C=O) groups is 2. The summed E-state index contributed by atoms with van der Waals surface area (Å²) in [6.45, 7) is 10.5. The molecule has 8 nitrogen and oxygen atoms in total. The first kappa shape index (κ1) is 33.2. The fourth-order valence-corrected chi connectivity index (χ4v) is 6.08. The monoisotopic (exact) mass is 633 g/mol. The largest absolute Gasteiger partial charge is 0.494 e. The van der Waals surface area contributed by atoms with Crippen molar-refractivity contribution in [2.45, 2.75) is 64.6 Å². The molecule has 0 aromatic heterocycles. The summed E-state index contributed by atoms with van der Waals surface area (Å²) in [5.74, 6) is -0.496. The Labute approximate surface area is 258 Å². The van der Waals surface area contributed by atoms with Crippen molar-refractivity contribution in [3.63, 3.8) is 0 Å². The lowest BCUT2D eigenvalue weighted by atomic mass is 10.1. The third-order valence-corrected chi connectivity index (χ3v) is 8.88. The van der Waals surface area contributed by atoms with E-state index in [0.717, 1.165) is 9.87 Å². The molecule has 0 saturated heterocycles. The van der Waals surface area contributed by atoms with Crippen LogP contribution in [0.25, 0.3) is 0 Å². The third kappa shape index (κ3) is 8.40. The molecule has 11 heteroatoms. The van der Waals surface area contributed by atoms with Gasteiger partial charge in [0, 0.05) is 27.7 Å². The zero-order chi connectivity index (χ0) is 31.2. The van der Waals surface area contributed by atoms with Crippen LogP contribution in [0, 0.1) is 6.92 Å². The van der Waals surface area contributed by atoms with E-state index < -0.39 is 40.0 Å². The lowest BCUT2D eigenvalue weighted by Gasteiger charge is -2.34. The quantitative estimate of drug-likeness (QED) is 0.270. The Hall–Kier alpha value is -3.27. The van der Waals surface area contributed by atoms with Crippen LogP contribution in [0.1, 0.15) is 45.7 Å². The smallest absolute Gasteiger partial charge is 0.264 e. The average molecular weight is 635 g/mol. The molecule has 2 amide bonds. The summed E-state index contributed by atoms with van der Waals surface area (Å²) in [4.78, 5) is 28.6. The maximum atomic E-state index is 14.1. The number of hydrogen-bond acceptors (Lipinski definition) is 5. The minimum absolute atomic E-state index is 0.0152. The molecule has 0 aliphatic carbocycles. The fraction of sp³-hybridized carbons (Fsp3) is 0.355. The fourth-order valence-electron chi connectivity index (χ4n) is 4.15. The molecule has 0 bridgehead atoms. The second-order valence-corrected chi connectivity index (χ2v) is 13.6. The van der Waals surface area contributed by atoms with Gasteiger partial charge >= 0.3 is 0 Å². The number of halogens is 2. The molecule has 0 fully saturated rings. The number of benzene rings is 3. The van der Waals surface area contributed by atoms with Crippen molar-refractivity contribution in [2.75, 3.05) is 17.5 Å². The topological polar surface area (TPSA) is 96.0 Å². The molecule has 3 aromatic rings. The maximum Gasteiger partial charge on any atom is 0.264 e. The molecule has 0 radical (unpaired) electrons. The van der Waals surface area contributed by atoms with Crippen molar-refractivity contribution in [1.82, 2.24) is 10.2 Å². The zero-order valence-electron chi connectivity index (χ0n) is 24.6. The Morgan fingerprint density at radius 2 is 1.52 bits per heavy atom. The third-order valence-electron chi connectivity index (χ3n) is 6.38. The lowest BCUT2D eigenvalue weighted by Crippen LogP contribution is -2.54. The van der Waals surface area contributed by atoms with E-state index in [9.17, 15) is 18.0 Å². The van der Waals surface area contributed by atoms with Crippen LogP contribution in [0.5, 0.6) is 5.75 Å². The minimum Gasteiger partial charge on any atom is -0.494 e. The van der Waals surface area contributed by atoms with Gasteiger partial charge in [-0.05, 0) is 90.1 Å². The number of anilines is 1. The van der Waals surface area contributed by atoms with Crippen molar-refractivity contribution in [3.05, 3.63) is 87.9 Å². The van der Waals surface area contributed by atoms with Gasteiger partial charge in [-0.25, -0.2) is 8.42 Å². The number of hydrogen-bond donors (Lipinski definition) is 1. The number of rotatable bonds is 11. The summed E-state index contributed by atoms with van der Waals surface area (Å²) < 4.78 is 34.5. The van der Waals surface area contributed by atoms with Gasteiger partial charge in [0.15, 0.2) is 0 Å². The van der Waals surface area contributed by atoms with Gasteiger partial charge in [-0.15, -0.1) is 0 Å². The van der Waals surface area contributed by atoms with E-state index >= 15 is 0 Å². The van der Waals surface area contributed by atoms with Crippen molar-refractivity contribution in [2.24, 2.45) is 0 Å². The molecule has 0 spiro atoms. The van der Waals surface area contributed by atoms with Gasteiger partial charge in [0.25, 0.3) is 10.0 Å². The van der Waals surface area contributed by atoms with Crippen molar-refractivity contribution < 1.29 is 22.7 Å². The second-order valence-electron chi connectivity index (χ2n) is 10.9. The van der Waals surface area contributed by atoms with Crippen LogP contribution in [0.3, 0.4) is 0 Å². The van der Waals surface area contributed by atoms with Gasteiger partial charge in [-0.2, -0.15) is 0 Å². The van der Waals surface area contributed by atoms with E-state index in [1.54, 1.807) is 61.5 Å². The summed E-state index contributed by atoms with van der Waals surface area (Å²) in [6, 6.07) is 16.8. The van der Waals surface area contributed by atoms with E-state index in [-0.39, 0.29) is 11.4 Å². The van der Waals surface area contributed by atoms with E-state index in [1.807, 2.05) is 34.6 Å². The van der Waals surface area contributed by atoms with Crippen LogP contribution in [0.4, 0.5) is 5.69 Å². The highest BCUT2D eigenvalue weighted by atomic mass is 35.5. The minimum atomic E-state index is -4.21. The Kier molecular flexibility index (Phi) is 10.9. The van der Waals surface area contributed by atoms with Gasteiger partial charge in [-0.3, -0.25) is 13.9 Å². The number of nitrogens with one attached hydrogen (secondary N) is 1. The highest BCUT2D eigenvalue weighted by Gasteiger charge is 2.34. The van der Waals surface area contributed by atoms with Crippen LogP contribution in [0.15, 0.2) is 71.6 Å². The summed E-state index contributed by atoms with van der Waals surface area (Å²) in [5, 5.41) is 3.53. The number of ether oxygens (including phenoxy) is 1. The second kappa shape index (κ2) is 13.8. The summed E-state index contributed by atoms with van der Waals surface area (Å²) in [6.07, 6.45) is 0. The van der Waals surface area contributed by atoms with Crippen LogP contribution in [-0.4, -0.2) is 49.9 Å². The standard InChI is InChI=1S/C31H37Cl2N3O5S/c1-7-41-24-15-17-25(18-16-24)42(39,40)36(23-13-11-21(2)12-14-23)20-29(37)35(22(3)30(38)34-31(4,5)6)19-26-27(32)9-8-10-28(26)33/h8-18,22H,7,19-20H2,1-6H3,(H,34,38)/t22-/m1/s1. The van der Waals surface area contributed by atoms with Crippen molar-refractivity contribution in [3.8, 4) is 5.75 Å². The highest BCUT2D eigenvalue weighted by molar-refractivity contribution is 7.92. The molecule has 0 heterocycles. The predicted octanol–water partition coefficient (Wildman–Crippen LogP) is 6.23. The SMILES string of the molecule is CCOc1ccc(S(=O)(=O)N(CC(=O)N(Cc2c(Cl)cccc2Cl)[C@H](C)C(=O)NC(C)(C)C)c2ccc(C)cc2)cc1. The lowest BCUT2D eigenvalue weighted by molar-refractivity contribution is -0.140. The number of carbonyl (C=O) groups excluding carboxylic acids is 2. The molecule has 3 aromatic carbocycles. The summed E-state index contributed by atoms with van der Waals surface area (Å²) in [7, 11) is -4.21. The molecule has 3 rings (SSSR count). The van der Waals surface area contributed by atoms with Gasteiger partial charge in [0.2, 0.25) is 11.8 Å². The highest BCUT2D eigenvalue weighted by Crippen LogP contribution is 2.29. The summed E-state index contributed by atoms with van der Waals surface area (Å²) >= 11 is 12.9.